The largest absolute Gasteiger partial charge is 0.507 e. The van der Waals surface area contributed by atoms with Crippen LogP contribution in [0.5, 0.6) is 11.5 Å². The van der Waals surface area contributed by atoms with E-state index in [1.54, 1.807) is 24.5 Å². The zero-order valence-electron chi connectivity index (χ0n) is 12.0. The number of pyridine rings is 1. The molecule has 0 fully saturated rings. The number of rotatable bonds is 3. The summed E-state index contributed by atoms with van der Waals surface area (Å²) in [7, 11) is 0. The third-order valence-corrected chi connectivity index (χ3v) is 3.80. The van der Waals surface area contributed by atoms with Gasteiger partial charge < -0.3 is 14.3 Å². The minimum atomic E-state index is -0.534. The molecule has 0 unspecified atom stereocenters. The normalized spacial score (nSPS) is 10.7. The summed E-state index contributed by atoms with van der Waals surface area (Å²) in [5, 5.41) is 10.4. The molecule has 1 aromatic carbocycles. The van der Waals surface area contributed by atoms with Crippen LogP contribution in [-0.4, -0.2) is 16.1 Å². The molecule has 6 nitrogen and oxygen atoms in total. The first-order valence-corrected chi connectivity index (χ1v) is 7.42. The molecule has 0 amide bonds. The lowest BCUT2D eigenvalue weighted by Crippen LogP contribution is -2.04. The summed E-state index contributed by atoms with van der Waals surface area (Å²) in [6, 6.07) is 7.46. The Kier molecular flexibility index (Phi) is 4.03. The highest BCUT2D eigenvalue weighted by molar-refractivity contribution is 7.99. The molecule has 0 bridgehead atoms. The second-order valence-electron chi connectivity index (χ2n) is 4.62. The Morgan fingerprint density at radius 1 is 1.26 bits per heavy atom. The molecule has 7 heteroatoms. The minimum absolute atomic E-state index is 0.0416. The van der Waals surface area contributed by atoms with Gasteiger partial charge in [0.25, 0.3) is 0 Å². The number of hydrogen-bond acceptors (Lipinski definition) is 7. The Labute approximate surface area is 134 Å². The number of aromatic nitrogens is 1. The molecule has 0 saturated carbocycles. The van der Waals surface area contributed by atoms with Gasteiger partial charge >= 0.3 is 5.97 Å². The average molecular weight is 329 g/mol. The molecule has 0 atom stereocenters. The SMILES string of the molecule is CC(=O)Oc1cc(O)c2c(=O)cc(Sc3ccncc3)oc2c1. The molecule has 0 spiro atoms. The van der Waals surface area contributed by atoms with Crippen LogP contribution in [0.1, 0.15) is 6.92 Å². The lowest BCUT2D eigenvalue weighted by atomic mass is 10.2. The van der Waals surface area contributed by atoms with Crippen molar-refractivity contribution in [1.82, 2.24) is 4.98 Å². The van der Waals surface area contributed by atoms with E-state index < -0.39 is 5.97 Å². The molecule has 0 radical (unpaired) electrons. The van der Waals surface area contributed by atoms with Crippen molar-refractivity contribution in [3.8, 4) is 11.5 Å². The maximum atomic E-state index is 12.2. The van der Waals surface area contributed by atoms with Gasteiger partial charge in [-0.15, -0.1) is 0 Å². The fourth-order valence-electron chi connectivity index (χ4n) is 2.02. The van der Waals surface area contributed by atoms with E-state index in [4.69, 9.17) is 9.15 Å². The third kappa shape index (κ3) is 3.35. The number of benzene rings is 1. The van der Waals surface area contributed by atoms with E-state index in [0.717, 1.165) is 4.90 Å². The predicted octanol–water partition coefficient (Wildman–Crippen LogP) is 2.97. The molecule has 0 aliphatic carbocycles. The van der Waals surface area contributed by atoms with E-state index in [1.807, 2.05) is 0 Å². The van der Waals surface area contributed by atoms with Crippen LogP contribution in [0.4, 0.5) is 0 Å². The number of hydrogen-bond donors (Lipinski definition) is 1. The van der Waals surface area contributed by atoms with Crippen molar-refractivity contribution in [2.24, 2.45) is 0 Å². The van der Waals surface area contributed by atoms with Crippen LogP contribution in [0.2, 0.25) is 0 Å². The Morgan fingerprint density at radius 3 is 2.70 bits per heavy atom. The predicted molar refractivity (Wildman–Crippen MR) is 83.8 cm³/mol. The molecule has 116 valence electrons. The second-order valence-corrected chi connectivity index (χ2v) is 5.70. The van der Waals surface area contributed by atoms with Gasteiger partial charge in [-0.25, -0.2) is 0 Å². The van der Waals surface area contributed by atoms with E-state index in [2.05, 4.69) is 4.98 Å². The van der Waals surface area contributed by atoms with Crippen LogP contribution in [0, 0.1) is 0 Å². The van der Waals surface area contributed by atoms with Gasteiger partial charge in [-0.2, -0.15) is 0 Å². The smallest absolute Gasteiger partial charge is 0.308 e. The highest BCUT2D eigenvalue weighted by Gasteiger charge is 2.13. The van der Waals surface area contributed by atoms with Crippen molar-refractivity contribution in [3.05, 3.63) is 52.9 Å². The minimum Gasteiger partial charge on any atom is -0.507 e. The van der Waals surface area contributed by atoms with E-state index in [-0.39, 0.29) is 27.9 Å². The van der Waals surface area contributed by atoms with Gasteiger partial charge in [-0.05, 0) is 12.1 Å². The molecule has 3 aromatic rings. The summed E-state index contributed by atoms with van der Waals surface area (Å²) in [6.45, 7) is 1.24. The van der Waals surface area contributed by atoms with Crippen LogP contribution in [-0.2, 0) is 4.79 Å². The number of fused-ring (bicyclic) bond motifs is 1. The maximum absolute atomic E-state index is 12.2. The summed E-state index contributed by atoms with van der Waals surface area (Å²) < 4.78 is 10.6. The number of phenols is 1. The van der Waals surface area contributed by atoms with Crippen molar-refractivity contribution >= 4 is 28.7 Å². The van der Waals surface area contributed by atoms with E-state index in [0.29, 0.717) is 5.09 Å². The number of esters is 1. The van der Waals surface area contributed by atoms with Crippen molar-refractivity contribution in [3.63, 3.8) is 0 Å². The first kappa shape index (κ1) is 15.1. The molecular formula is C16H11NO5S. The van der Waals surface area contributed by atoms with Crippen molar-refractivity contribution in [2.45, 2.75) is 16.9 Å². The summed E-state index contributed by atoms with van der Waals surface area (Å²) in [6.07, 6.45) is 3.26. The van der Waals surface area contributed by atoms with Crippen LogP contribution >= 0.6 is 11.8 Å². The molecule has 0 aliphatic rings. The lowest BCUT2D eigenvalue weighted by molar-refractivity contribution is -0.131. The molecule has 23 heavy (non-hydrogen) atoms. The summed E-state index contributed by atoms with van der Waals surface area (Å²) in [5.74, 6) is -0.724. The van der Waals surface area contributed by atoms with Crippen molar-refractivity contribution in [1.29, 1.82) is 0 Å². The quantitative estimate of drug-likeness (QED) is 0.583. The van der Waals surface area contributed by atoms with E-state index in [1.165, 1.54) is 36.9 Å². The van der Waals surface area contributed by atoms with Crippen LogP contribution in [0.25, 0.3) is 11.0 Å². The Bertz CT molecular complexity index is 936. The Morgan fingerprint density at radius 2 is 2.00 bits per heavy atom. The van der Waals surface area contributed by atoms with Crippen LogP contribution < -0.4 is 10.2 Å². The molecule has 2 heterocycles. The summed E-state index contributed by atoms with van der Waals surface area (Å²) >= 11 is 1.25. The first-order valence-electron chi connectivity index (χ1n) is 6.60. The third-order valence-electron chi connectivity index (χ3n) is 2.89. The zero-order valence-corrected chi connectivity index (χ0v) is 12.8. The topological polar surface area (TPSA) is 89.6 Å². The fraction of sp³-hybridized carbons (Fsp3) is 0.0625. The highest BCUT2D eigenvalue weighted by atomic mass is 32.2. The standard InChI is InChI=1S/C16H11NO5S/c1-9(18)21-10-6-12(19)16-13(20)8-15(22-14(16)7-10)23-11-2-4-17-5-3-11/h2-8,19H,1H3. The van der Waals surface area contributed by atoms with E-state index in [9.17, 15) is 14.7 Å². The molecular weight excluding hydrogens is 318 g/mol. The molecule has 1 N–H and O–H groups in total. The maximum Gasteiger partial charge on any atom is 0.308 e. The summed E-state index contributed by atoms with van der Waals surface area (Å²) in [4.78, 5) is 28.0. The molecule has 2 aromatic heterocycles. The van der Waals surface area contributed by atoms with Crippen molar-refractivity contribution in [2.75, 3.05) is 0 Å². The molecule has 3 rings (SSSR count). The van der Waals surface area contributed by atoms with Crippen LogP contribution in [0.15, 0.2) is 61.9 Å². The highest BCUT2D eigenvalue weighted by Crippen LogP contribution is 2.33. The van der Waals surface area contributed by atoms with Crippen LogP contribution in [0.3, 0.4) is 0 Å². The first-order chi connectivity index (χ1) is 11.0. The number of nitrogens with zero attached hydrogens (tertiary/aromatic N) is 1. The number of carbonyl (C=O) groups excluding carboxylic acids is 1. The van der Waals surface area contributed by atoms with Gasteiger partial charge in [-0.3, -0.25) is 14.6 Å². The number of aromatic hydroxyl groups is 1. The van der Waals surface area contributed by atoms with Gasteiger partial charge in [0.05, 0.1) is 0 Å². The van der Waals surface area contributed by atoms with Gasteiger partial charge in [0.1, 0.15) is 22.5 Å². The van der Waals surface area contributed by atoms with Gasteiger partial charge in [0, 0.05) is 42.4 Å². The fourth-order valence-corrected chi connectivity index (χ4v) is 2.81. The van der Waals surface area contributed by atoms with Gasteiger partial charge in [0.15, 0.2) is 10.5 Å². The van der Waals surface area contributed by atoms with Gasteiger partial charge in [0.2, 0.25) is 0 Å². The monoisotopic (exact) mass is 329 g/mol. The van der Waals surface area contributed by atoms with Crippen molar-refractivity contribution < 1.29 is 19.1 Å². The Balaban J connectivity index is 2.08. The zero-order chi connectivity index (χ0) is 16.4. The lowest BCUT2D eigenvalue weighted by Gasteiger charge is -2.06. The van der Waals surface area contributed by atoms with E-state index >= 15 is 0 Å². The molecule has 0 saturated heterocycles. The average Bonchev–Trinajstić information content (AvgIpc) is 2.46. The molecule has 0 aliphatic heterocycles. The number of phenolic OH excluding ortho intramolecular Hbond substituents is 1. The Hall–Kier alpha value is -2.80. The number of carbonyl (C=O) groups is 1. The number of ether oxygens (including phenoxy) is 1. The summed E-state index contributed by atoms with van der Waals surface area (Å²) in [5.41, 5.74) is -0.236. The second kappa shape index (κ2) is 6.13. The van der Waals surface area contributed by atoms with Gasteiger partial charge in [-0.1, -0.05) is 11.8 Å².